The average molecular weight is 208 g/mol. The second kappa shape index (κ2) is 4.02. The molecular weight excluding hydrogens is 192 g/mol. The molecule has 1 aromatic heterocycles. The van der Waals surface area contributed by atoms with E-state index < -0.39 is 0 Å². The van der Waals surface area contributed by atoms with Crippen LogP contribution in [0.15, 0.2) is 12.4 Å². The number of nitrogens with two attached hydrogens (primary N) is 1. The molecule has 82 valence electrons. The number of aromatic nitrogens is 2. The molecule has 1 saturated heterocycles. The van der Waals surface area contributed by atoms with Crippen LogP contribution in [-0.2, 0) is 0 Å². The van der Waals surface area contributed by atoms with Gasteiger partial charge < -0.3 is 15.7 Å². The molecule has 2 atom stereocenters. The Bertz CT molecular complexity index is 327. The minimum absolute atomic E-state index is 0.199. The van der Waals surface area contributed by atoms with Crippen LogP contribution in [0.25, 0.3) is 0 Å². The second-order valence-corrected chi connectivity index (χ2v) is 4.10. The number of nitrogens with zero attached hydrogens (tertiary/aromatic N) is 3. The summed E-state index contributed by atoms with van der Waals surface area (Å²) in [6, 6.07) is 0. The van der Waals surface area contributed by atoms with Gasteiger partial charge in [-0.15, -0.1) is 0 Å². The third-order valence-corrected chi connectivity index (χ3v) is 2.80. The number of piperidine rings is 1. The summed E-state index contributed by atoms with van der Waals surface area (Å²) in [6.07, 6.45) is 3.79. The summed E-state index contributed by atoms with van der Waals surface area (Å²) in [5, 5.41) is 9.60. The lowest BCUT2D eigenvalue weighted by molar-refractivity contribution is 0.0966. The molecule has 0 spiro atoms. The molecular formula is C10H16N4O. The molecule has 0 amide bonds. The van der Waals surface area contributed by atoms with Gasteiger partial charge in [0, 0.05) is 13.1 Å². The van der Waals surface area contributed by atoms with Gasteiger partial charge in [-0.2, -0.15) is 0 Å². The van der Waals surface area contributed by atoms with E-state index >= 15 is 0 Å². The molecule has 0 aromatic carbocycles. The number of aliphatic hydroxyl groups is 1. The fourth-order valence-electron chi connectivity index (χ4n) is 1.81. The topological polar surface area (TPSA) is 75.3 Å². The first-order valence-electron chi connectivity index (χ1n) is 5.17. The van der Waals surface area contributed by atoms with Crippen molar-refractivity contribution in [3.63, 3.8) is 0 Å². The van der Waals surface area contributed by atoms with Crippen LogP contribution < -0.4 is 10.6 Å². The number of aliphatic hydroxyl groups excluding tert-OH is 1. The first-order chi connectivity index (χ1) is 7.16. The van der Waals surface area contributed by atoms with E-state index in [9.17, 15) is 5.11 Å². The largest absolute Gasteiger partial charge is 0.396 e. The Labute approximate surface area is 88.9 Å². The summed E-state index contributed by atoms with van der Waals surface area (Å²) in [4.78, 5) is 10.4. The van der Waals surface area contributed by atoms with Crippen LogP contribution in [0.5, 0.6) is 0 Å². The van der Waals surface area contributed by atoms with Crippen molar-refractivity contribution in [2.75, 3.05) is 23.7 Å². The van der Waals surface area contributed by atoms with Gasteiger partial charge in [0.25, 0.3) is 0 Å². The molecule has 5 heteroatoms. The normalized spacial score (nSPS) is 26.7. The van der Waals surface area contributed by atoms with Gasteiger partial charge >= 0.3 is 0 Å². The van der Waals surface area contributed by atoms with E-state index in [1.54, 1.807) is 12.4 Å². The molecule has 0 radical (unpaired) electrons. The summed E-state index contributed by atoms with van der Waals surface area (Å²) >= 11 is 0. The third-order valence-electron chi connectivity index (χ3n) is 2.80. The lowest BCUT2D eigenvalue weighted by atomic mass is 9.97. The van der Waals surface area contributed by atoms with Gasteiger partial charge in [0.05, 0.1) is 24.2 Å². The van der Waals surface area contributed by atoms with Crippen LogP contribution in [0.1, 0.15) is 13.3 Å². The van der Waals surface area contributed by atoms with Gasteiger partial charge in [0.15, 0.2) is 0 Å². The Hall–Kier alpha value is -1.36. The molecule has 2 heterocycles. The van der Waals surface area contributed by atoms with Crippen molar-refractivity contribution >= 4 is 11.6 Å². The van der Waals surface area contributed by atoms with Crippen LogP contribution in [0.4, 0.5) is 11.6 Å². The van der Waals surface area contributed by atoms with Crippen LogP contribution in [0.3, 0.4) is 0 Å². The summed E-state index contributed by atoms with van der Waals surface area (Å²) < 4.78 is 0. The summed E-state index contributed by atoms with van der Waals surface area (Å²) in [5.74, 6) is 0.961. The maximum absolute atomic E-state index is 9.60. The van der Waals surface area contributed by atoms with E-state index in [2.05, 4.69) is 14.9 Å². The quantitative estimate of drug-likeness (QED) is 0.692. The van der Waals surface area contributed by atoms with Crippen LogP contribution in [0, 0.1) is 5.92 Å². The van der Waals surface area contributed by atoms with Crippen molar-refractivity contribution in [2.45, 2.75) is 19.4 Å². The molecule has 0 bridgehead atoms. The maximum atomic E-state index is 9.60. The second-order valence-electron chi connectivity index (χ2n) is 4.10. The van der Waals surface area contributed by atoms with Crippen molar-refractivity contribution in [1.29, 1.82) is 0 Å². The molecule has 15 heavy (non-hydrogen) atoms. The maximum Gasteiger partial charge on any atom is 0.225 e. The number of rotatable bonds is 1. The zero-order valence-corrected chi connectivity index (χ0v) is 8.80. The van der Waals surface area contributed by atoms with Gasteiger partial charge in [-0.1, -0.05) is 6.92 Å². The first kappa shape index (κ1) is 10.2. The van der Waals surface area contributed by atoms with Gasteiger partial charge in [-0.05, 0) is 12.3 Å². The van der Waals surface area contributed by atoms with E-state index in [0.29, 0.717) is 11.6 Å². The summed E-state index contributed by atoms with van der Waals surface area (Å²) in [5.41, 5.74) is 6.10. The highest BCUT2D eigenvalue weighted by Crippen LogP contribution is 2.20. The highest BCUT2D eigenvalue weighted by atomic mass is 16.3. The Kier molecular flexibility index (Phi) is 2.73. The van der Waals surface area contributed by atoms with Crippen molar-refractivity contribution in [2.24, 2.45) is 5.92 Å². The van der Waals surface area contributed by atoms with Crippen LogP contribution >= 0.6 is 0 Å². The fourth-order valence-corrected chi connectivity index (χ4v) is 1.81. The monoisotopic (exact) mass is 208 g/mol. The fraction of sp³-hybridized carbons (Fsp3) is 0.600. The third kappa shape index (κ3) is 2.18. The summed E-state index contributed by atoms with van der Waals surface area (Å²) in [7, 11) is 0. The van der Waals surface area contributed by atoms with E-state index in [1.807, 2.05) is 6.92 Å². The average Bonchev–Trinajstić information content (AvgIpc) is 2.23. The lowest BCUT2D eigenvalue weighted by Gasteiger charge is -2.34. The Balaban J connectivity index is 2.08. The zero-order chi connectivity index (χ0) is 10.8. The van der Waals surface area contributed by atoms with Crippen molar-refractivity contribution in [1.82, 2.24) is 9.97 Å². The van der Waals surface area contributed by atoms with E-state index in [0.717, 1.165) is 19.5 Å². The van der Waals surface area contributed by atoms with Crippen molar-refractivity contribution in [3.8, 4) is 0 Å². The lowest BCUT2D eigenvalue weighted by Crippen LogP contribution is -2.42. The molecule has 2 unspecified atom stereocenters. The minimum Gasteiger partial charge on any atom is -0.396 e. The predicted molar refractivity (Wildman–Crippen MR) is 58.4 cm³/mol. The van der Waals surface area contributed by atoms with E-state index in [-0.39, 0.29) is 12.0 Å². The highest BCUT2D eigenvalue weighted by molar-refractivity contribution is 5.38. The number of anilines is 2. The van der Waals surface area contributed by atoms with Crippen molar-refractivity contribution in [3.05, 3.63) is 12.4 Å². The number of hydrogen-bond acceptors (Lipinski definition) is 5. The highest BCUT2D eigenvalue weighted by Gasteiger charge is 2.25. The Morgan fingerprint density at radius 1 is 1.47 bits per heavy atom. The van der Waals surface area contributed by atoms with Crippen LogP contribution in [0.2, 0.25) is 0 Å². The first-order valence-corrected chi connectivity index (χ1v) is 5.17. The molecule has 2 rings (SSSR count). The van der Waals surface area contributed by atoms with Crippen molar-refractivity contribution < 1.29 is 5.11 Å². The van der Waals surface area contributed by atoms with Crippen LogP contribution in [-0.4, -0.2) is 34.3 Å². The van der Waals surface area contributed by atoms with E-state index in [4.69, 9.17) is 5.73 Å². The van der Waals surface area contributed by atoms with Gasteiger partial charge in [0.2, 0.25) is 5.95 Å². The molecule has 1 aliphatic rings. The van der Waals surface area contributed by atoms with E-state index in [1.165, 1.54) is 0 Å². The Morgan fingerprint density at radius 2 is 2.13 bits per heavy atom. The number of hydrogen-bond donors (Lipinski definition) is 2. The van der Waals surface area contributed by atoms with Gasteiger partial charge in [-0.3, -0.25) is 0 Å². The molecule has 0 saturated carbocycles. The summed E-state index contributed by atoms with van der Waals surface area (Å²) in [6.45, 7) is 3.63. The molecule has 1 aliphatic heterocycles. The SMILES string of the molecule is CC1CN(c2ncc(N)cn2)CCC1O. The predicted octanol–water partition coefficient (Wildman–Crippen LogP) is 0.266. The Morgan fingerprint density at radius 3 is 2.73 bits per heavy atom. The molecule has 0 aliphatic carbocycles. The zero-order valence-electron chi connectivity index (χ0n) is 8.80. The molecule has 5 nitrogen and oxygen atoms in total. The molecule has 1 aromatic rings. The van der Waals surface area contributed by atoms with Gasteiger partial charge in [-0.25, -0.2) is 9.97 Å². The minimum atomic E-state index is -0.199. The number of nitrogen functional groups attached to an aromatic ring is 1. The van der Waals surface area contributed by atoms with Gasteiger partial charge in [0.1, 0.15) is 0 Å². The smallest absolute Gasteiger partial charge is 0.225 e. The standard InChI is InChI=1S/C10H16N4O/c1-7-6-14(3-2-9(7)15)10-12-4-8(11)5-13-10/h4-5,7,9,15H,2-3,6,11H2,1H3. The molecule has 3 N–H and O–H groups in total. The molecule has 1 fully saturated rings.